The molecule has 0 spiro atoms. The van der Waals surface area contributed by atoms with Crippen LogP contribution in [0, 0.1) is 5.92 Å². The number of hydrogen-bond acceptors (Lipinski definition) is 5. The number of carbonyl (C=O) groups excluding carboxylic acids is 3. The highest BCUT2D eigenvalue weighted by molar-refractivity contribution is 5.94. The minimum absolute atomic E-state index is 0.157. The Balaban J connectivity index is 2.09. The molecule has 0 heterocycles. The van der Waals surface area contributed by atoms with Gasteiger partial charge in [-0.3, -0.25) is 19.2 Å². The van der Waals surface area contributed by atoms with Crippen molar-refractivity contribution < 1.29 is 24.3 Å². The summed E-state index contributed by atoms with van der Waals surface area (Å²) in [5, 5.41) is 16.5. The highest BCUT2D eigenvalue weighted by Crippen LogP contribution is 2.08. The van der Waals surface area contributed by atoms with Crippen molar-refractivity contribution in [3.05, 3.63) is 71.8 Å². The molecule has 0 aliphatic heterocycles. The zero-order chi connectivity index (χ0) is 25.1. The van der Waals surface area contributed by atoms with E-state index in [4.69, 9.17) is 10.8 Å². The Morgan fingerprint density at radius 1 is 0.794 bits per heavy atom. The van der Waals surface area contributed by atoms with Crippen molar-refractivity contribution in [2.45, 2.75) is 44.8 Å². The first kappa shape index (κ1) is 26.5. The maximum absolute atomic E-state index is 13.1. The first-order chi connectivity index (χ1) is 16.2. The van der Waals surface area contributed by atoms with Gasteiger partial charge in [0.15, 0.2) is 0 Å². The van der Waals surface area contributed by atoms with E-state index in [-0.39, 0.29) is 12.3 Å². The second-order valence-corrected chi connectivity index (χ2v) is 8.39. The van der Waals surface area contributed by atoms with Gasteiger partial charge in [-0.05, 0) is 23.5 Å². The molecule has 0 radical (unpaired) electrons. The summed E-state index contributed by atoms with van der Waals surface area (Å²) in [5.74, 6) is -3.14. The van der Waals surface area contributed by atoms with Crippen molar-refractivity contribution >= 4 is 23.7 Å². The second-order valence-electron chi connectivity index (χ2n) is 8.39. The number of benzene rings is 2. The molecule has 2 aromatic rings. The van der Waals surface area contributed by atoms with Gasteiger partial charge in [-0.15, -0.1) is 0 Å². The van der Waals surface area contributed by atoms with Crippen LogP contribution in [0.4, 0.5) is 0 Å². The monoisotopic (exact) mass is 468 g/mol. The largest absolute Gasteiger partial charge is 0.480 e. The summed E-state index contributed by atoms with van der Waals surface area (Å²) >= 11 is 0. The van der Waals surface area contributed by atoms with E-state index in [0.717, 1.165) is 11.1 Å². The van der Waals surface area contributed by atoms with E-state index < -0.39 is 48.4 Å². The number of rotatable bonds is 12. The molecule has 0 bridgehead atoms. The highest BCUT2D eigenvalue weighted by atomic mass is 16.4. The lowest BCUT2D eigenvalue weighted by Gasteiger charge is -2.26. The Labute approximate surface area is 199 Å². The summed E-state index contributed by atoms with van der Waals surface area (Å²) in [7, 11) is 0. The lowest BCUT2D eigenvalue weighted by atomic mass is 10.00. The van der Waals surface area contributed by atoms with Crippen LogP contribution >= 0.6 is 0 Å². The van der Waals surface area contributed by atoms with E-state index in [0.29, 0.717) is 6.42 Å². The first-order valence-electron chi connectivity index (χ1n) is 11.1. The Kier molecular flexibility index (Phi) is 10.2. The smallest absolute Gasteiger partial charge is 0.322 e. The van der Waals surface area contributed by atoms with Crippen LogP contribution in [-0.4, -0.2) is 53.5 Å². The highest BCUT2D eigenvalue weighted by Gasteiger charge is 2.30. The summed E-state index contributed by atoms with van der Waals surface area (Å²) in [4.78, 5) is 49.3. The summed E-state index contributed by atoms with van der Waals surface area (Å²) in [6.07, 6.45) is 0.470. The van der Waals surface area contributed by atoms with Crippen molar-refractivity contribution in [1.29, 1.82) is 0 Å². The summed E-state index contributed by atoms with van der Waals surface area (Å²) in [6.45, 7) is 2.96. The van der Waals surface area contributed by atoms with E-state index in [2.05, 4.69) is 16.0 Å². The Bertz CT molecular complexity index is 966. The molecule has 182 valence electrons. The maximum atomic E-state index is 13.1. The second kappa shape index (κ2) is 13.1. The topological polar surface area (TPSA) is 151 Å². The predicted molar refractivity (Wildman–Crippen MR) is 128 cm³/mol. The van der Waals surface area contributed by atoms with Gasteiger partial charge in [0.1, 0.15) is 18.6 Å². The average molecular weight is 469 g/mol. The predicted octanol–water partition coefficient (Wildman–Crippen LogP) is 0.626. The van der Waals surface area contributed by atoms with Gasteiger partial charge in [0.05, 0.1) is 6.04 Å². The molecule has 34 heavy (non-hydrogen) atoms. The molecule has 0 fully saturated rings. The number of nitrogens with two attached hydrogens (primary N) is 1. The molecule has 2 aromatic carbocycles. The van der Waals surface area contributed by atoms with Gasteiger partial charge in [-0.1, -0.05) is 74.5 Å². The third-order valence-electron chi connectivity index (χ3n) is 5.21. The van der Waals surface area contributed by atoms with Crippen LogP contribution in [-0.2, 0) is 32.0 Å². The van der Waals surface area contributed by atoms with Crippen molar-refractivity contribution in [2.24, 2.45) is 11.7 Å². The van der Waals surface area contributed by atoms with Crippen molar-refractivity contribution in [2.75, 3.05) is 6.54 Å². The van der Waals surface area contributed by atoms with Crippen LogP contribution < -0.4 is 21.7 Å². The minimum atomic E-state index is -1.20. The third-order valence-corrected chi connectivity index (χ3v) is 5.21. The molecule has 0 aliphatic rings. The number of nitrogens with one attached hydrogen (secondary N) is 3. The average Bonchev–Trinajstić information content (AvgIpc) is 2.81. The van der Waals surface area contributed by atoms with Gasteiger partial charge in [0, 0.05) is 6.42 Å². The molecule has 3 unspecified atom stereocenters. The van der Waals surface area contributed by atoms with Crippen LogP contribution in [0.5, 0.6) is 0 Å². The quantitative estimate of drug-likeness (QED) is 0.308. The van der Waals surface area contributed by atoms with E-state index >= 15 is 0 Å². The van der Waals surface area contributed by atoms with Crippen LogP contribution in [0.25, 0.3) is 0 Å². The summed E-state index contributed by atoms with van der Waals surface area (Å²) in [6, 6.07) is 15.5. The zero-order valence-electron chi connectivity index (χ0n) is 19.4. The van der Waals surface area contributed by atoms with Crippen LogP contribution in [0.3, 0.4) is 0 Å². The maximum Gasteiger partial charge on any atom is 0.322 e. The molecule has 9 heteroatoms. The van der Waals surface area contributed by atoms with E-state index in [9.17, 15) is 19.2 Å². The molecular weight excluding hydrogens is 436 g/mol. The van der Waals surface area contributed by atoms with Gasteiger partial charge >= 0.3 is 5.97 Å². The van der Waals surface area contributed by atoms with E-state index in [1.807, 2.05) is 36.4 Å². The van der Waals surface area contributed by atoms with Crippen molar-refractivity contribution in [3.63, 3.8) is 0 Å². The van der Waals surface area contributed by atoms with E-state index in [1.54, 1.807) is 38.1 Å². The molecule has 3 amide bonds. The van der Waals surface area contributed by atoms with Gasteiger partial charge in [-0.2, -0.15) is 0 Å². The zero-order valence-corrected chi connectivity index (χ0v) is 19.4. The fraction of sp³-hybridized carbons (Fsp3) is 0.360. The number of hydrogen-bond donors (Lipinski definition) is 5. The van der Waals surface area contributed by atoms with Crippen LogP contribution in [0.15, 0.2) is 60.7 Å². The molecular formula is C25H32N4O5. The molecule has 0 aliphatic carbocycles. The Morgan fingerprint density at radius 2 is 1.32 bits per heavy atom. The van der Waals surface area contributed by atoms with E-state index in [1.165, 1.54) is 0 Å². The third kappa shape index (κ3) is 8.67. The summed E-state index contributed by atoms with van der Waals surface area (Å²) in [5.41, 5.74) is 7.74. The standard InChI is InChI=1S/C25H32N4O5/c1-16(2)22(29-23(32)19(26)13-17-9-5-3-6-10-17)25(34)28-20(24(33)27-15-21(30)31)14-18-11-7-4-8-12-18/h3-12,16,19-20,22H,13-15,26H2,1-2H3,(H,27,33)(H,28,34)(H,29,32)(H,30,31). The Morgan fingerprint density at radius 3 is 1.82 bits per heavy atom. The first-order valence-corrected chi connectivity index (χ1v) is 11.1. The molecule has 2 rings (SSSR count). The van der Waals surface area contributed by atoms with Gasteiger partial charge in [-0.25, -0.2) is 0 Å². The van der Waals surface area contributed by atoms with Crippen LogP contribution in [0.1, 0.15) is 25.0 Å². The van der Waals surface area contributed by atoms with Crippen molar-refractivity contribution in [1.82, 2.24) is 16.0 Å². The number of carbonyl (C=O) groups is 4. The minimum Gasteiger partial charge on any atom is -0.480 e. The number of aliphatic carboxylic acids is 1. The number of amides is 3. The Hall–Kier alpha value is -3.72. The van der Waals surface area contributed by atoms with Crippen LogP contribution in [0.2, 0.25) is 0 Å². The van der Waals surface area contributed by atoms with Gasteiger partial charge < -0.3 is 26.8 Å². The molecule has 0 aromatic heterocycles. The SMILES string of the molecule is CC(C)C(NC(=O)C(N)Cc1ccccc1)C(=O)NC(Cc1ccccc1)C(=O)NCC(=O)O. The molecule has 3 atom stereocenters. The molecule has 0 saturated heterocycles. The molecule has 9 nitrogen and oxygen atoms in total. The normalized spacial score (nSPS) is 13.4. The number of carboxylic acids is 1. The fourth-order valence-corrected chi connectivity index (χ4v) is 3.36. The van der Waals surface area contributed by atoms with Gasteiger partial charge in [0.2, 0.25) is 17.7 Å². The number of carboxylic acid groups (broad SMARTS) is 1. The van der Waals surface area contributed by atoms with Gasteiger partial charge in [0.25, 0.3) is 0 Å². The summed E-state index contributed by atoms with van der Waals surface area (Å²) < 4.78 is 0. The van der Waals surface area contributed by atoms with Crippen molar-refractivity contribution in [3.8, 4) is 0 Å². The lowest BCUT2D eigenvalue weighted by Crippen LogP contribution is -2.58. The molecule has 6 N–H and O–H groups in total. The lowest BCUT2D eigenvalue weighted by molar-refractivity contribution is -0.138. The fourth-order valence-electron chi connectivity index (χ4n) is 3.36. The molecule has 0 saturated carbocycles.